The van der Waals surface area contributed by atoms with Crippen LogP contribution in [0, 0.1) is 5.92 Å². The third kappa shape index (κ3) is 4.57. The number of aromatic nitrogens is 3. The lowest BCUT2D eigenvalue weighted by atomic mass is 9.90. The molecule has 0 unspecified atom stereocenters. The SMILES string of the molecule is COc1ccc(Nc2cnnc(N3CCC(Cc4ccccc4)CC3)n2)cc1. The van der Waals surface area contributed by atoms with Crippen molar-refractivity contribution in [3.8, 4) is 5.75 Å². The summed E-state index contributed by atoms with van der Waals surface area (Å²) in [5.41, 5.74) is 2.36. The summed E-state index contributed by atoms with van der Waals surface area (Å²) in [6.07, 6.45) is 5.09. The summed E-state index contributed by atoms with van der Waals surface area (Å²) in [4.78, 5) is 6.88. The number of hydrogen-bond acceptors (Lipinski definition) is 6. The molecule has 3 aromatic rings. The van der Waals surface area contributed by atoms with E-state index in [1.54, 1.807) is 13.3 Å². The zero-order chi connectivity index (χ0) is 19.2. The number of methoxy groups -OCH3 is 1. The van der Waals surface area contributed by atoms with Crippen LogP contribution in [-0.2, 0) is 6.42 Å². The number of piperidine rings is 1. The maximum absolute atomic E-state index is 5.19. The van der Waals surface area contributed by atoms with Gasteiger partial charge in [0, 0.05) is 18.8 Å². The molecule has 1 aliphatic heterocycles. The first-order chi connectivity index (χ1) is 13.8. The summed E-state index contributed by atoms with van der Waals surface area (Å²) < 4.78 is 5.19. The van der Waals surface area contributed by atoms with E-state index < -0.39 is 0 Å². The van der Waals surface area contributed by atoms with Crippen molar-refractivity contribution in [3.05, 3.63) is 66.4 Å². The molecule has 28 heavy (non-hydrogen) atoms. The highest BCUT2D eigenvalue weighted by atomic mass is 16.5. The Labute approximate surface area is 165 Å². The monoisotopic (exact) mass is 375 g/mol. The van der Waals surface area contributed by atoms with Gasteiger partial charge in [0.25, 0.3) is 0 Å². The van der Waals surface area contributed by atoms with Gasteiger partial charge in [0.05, 0.1) is 13.3 Å². The molecular weight excluding hydrogens is 350 g/mol. The van der Waals surface area contributed by atoms with Crippen molar-refractivity contribution in [2.75, 3.05) is 30.4 Å². The van der Waals surface area contributed by atoms with Crippen molar-refractivity contribution in [3.63, 3.8) is 0 Å². The lowest BCUT2D eigenvalue weighted by molar-refractivity contribution is 0.400. The van der Waals surface area contributed by atoms with E-state index in [4.69, 9.17) is 4.74 Å². The largest absolute Gasteiger partial charge is 0.497 e. The van der Waals surface area contributed by atoms with Crippen molar-refractivity contribution in [2.24, 2.45) is 5.92 Å². The van der Waals surface area contributed by atoms with E-state index in [1.807, 2.05) is 24.3 Å². The van der Waals surface area contributed by atoms with Gasteiger partial charge in [0.2, 0.25) is 5.95 Å². The smallest absolute Gasteiger partial charge is 0.247 e. The number of anilines is 3. The lowest BCUT2D eigenvalue weighted by Crippen LogP contribution is -2.35. The van der Waals surface area contributed by atoms with E-state index in [1.165, 1.54) is 5.56 Å². The van der Waals surface area contributed by atoms with E-state index in [0.717, 1.165) is 43.8 Å². The number of nitrogens with one attached hydrogen (secondary N) is 1. The third-order valence-corrected chi connectivity index (χ3v) is 5.17. The van der Waals surface area contributed by atoms with Crippen molar-refractivity contribution >= 4 is 17.5 Å². The Morgan fingerprint density at radius 3 is 2.50 bits per heavy atom. The van der Waals surface area contributed by atoms with Crippen molar-refractivity contribution in [1.29, 1.82) is 0 Å². The Balaban J connectivity index is 1.35. The molecule has 0 bridgehead atoms. The summed E-state index contributed by atoms with van der Waals surface area (Å²) in [6, 6.07) is 18.5. The molecule has 0 radical (unpaired) electrons. The highest BCUT2D eigenvalue weighted by molar-refractivity contribution is 5.57. The summed E-state index contributed by atoms with van der Waals surface area (Å²) >= 11 is 0. The molecule has 1 aromatic heterocycles. The van der Waals surface area contributed by atoms with E-state index in [2.05, 4.69) is 55.7 Å². The molecule has 1 N–H and O–H groups in total. The van der Waals surface area contributed by atoms with Crippen LogP contribution in [0.5, 0.6) is 5.75 Å². The van der Waals surface area contributed by atoms with Gasteiger partial charge >= 0.3 is 0 Å². The predicted octanol–water partition coefficient (Wildman–Crippen LogP) is 4.08. The molecule has 144 valence electrons. The fourth-order valence-electron chi connectivity index (χ4n) is 3.60. The summed E-state index contributed by atoms with van der Waals surface area (Å²) in [7, 11) is 1.66. The van der Waals surface area contributed by atoms with Crippen molar-refractivity contribution in [2.45, 2.75) is 19.3 Å². The van der Waals surface area contributed by atoms with Crippen LogP contribution in [0.25, 0.3) is 0 Å². The first kappa shape index (κ1) is 18.2. The second kappa shape index (κ2) is 8.69. The highest BCUT2D eigenvalue weighted by Gasteiger charge is 2.21. The minimum absolute atomic E-state index is 0.691. The van der Waals surface area contributed by atoms with Crippen LogP contribution in [0.15, 0.2) is 60.8 Å². The Morgan fingerprint density at radius 1 is 1.04 bits per heavy atom. The highest BCUT2D eigenvalue weighted by Crippen LogP contribution is 2.25. The van der Waals surface area contributed by atoms with Gasteiger partial charge in [-0.3, -0.25) is 0 Å². The number of nitrogens with zero attached hydrogens (tertiary/aromatic N) is 4. The normalized spacial score (nSPS) is 14.7. The molecule has 0 atom stereocenters. The molecule has 2 aromatic carbocycles. The van der Waals surface area contributed by atoms with Gasteiger partial charge in [0.1, 0.15) is 5.75 Å². The number of benzene rings is 2. The Hall–Kier alpha value is -3.15. The number of ether oxygens (including phenoxy) is 1. The van der Waals surface area contributed by atoms with Crippen LogP contribution in [0.1, 0.15) is 18.4 Å². The second-order valence-corrected chi connectivity index (χ2v) is 7.12. The maximum Gasteiger partial charge on any atom is 0.247 e. The fraction of sp³-hybridized carbons (Fsp3) is 0.318. The molecule has 4 rings (SSSR count). The van der Waals surface area contributed by atoms with E-state index in [9.17, 15) is 0 Å². The molecule has 0 saturated carbocycles. The van der Waals surface area contributed by atoms with Crippen molar-refractivity contribution in [1.82, 2.24) is 15.2 Å². The maximum atomic E-state index is 5.19. The van der Waals surface area contributed by atoms with Crippen LogP contribution in [0.3, 0.4) is 0 Å². The zero-order valence-corrected chi connectivity index (χ0v) is 16.1. The summed E-state index contributed by atoms with van der Waals surface area (Å²) in [5.74, 6) is 2.93. The molecule has 0 spiro atoms. The molecule has 1 saturated heterocycles. The van der Waals surface area contributed by atoms with E-state index >= 15 is 0 Å². The van der Waals surface area contributed by atoms with Gasteiger partial charge in [-0.25, -0.2) is 0 Å². The quantitative estimate of drug-likeness (QED) is 0.700. The fourth-order valence-corrected chi connectivity index (χ4v) is 3.60. The van der Waals surface area contributed by atoms with Crippen LogP contribution in [0.2, 0.25) is 0 Å². The molecule has 6 nitrogen and oxygen atoms in total. The van der Waals surface area contributed by atoms with Crippen LogP contribution in [-0.4, -0.2) is 35.4 Å². The van der Waals surface area contributed by atoms with Crippen molar-refractivity contribution < 1.29 is 4.74 Å². The second-order valence-electron chi connectivity index (χ2n) is 7.12. The third-order valence-electron chi connectivity index (χ3n) is 5.17. The van der Waals surface area contributed by atoms with Gasteiger partial charge in [-0.15, -0.1) is 5.10 Å². The standard InChI is InChI=1S/C22H25N5O/c1-28-20-9-7-19(8-10-20)24-21-16-23-26-22(25-21)27-13-11-18(12-14-27)15-17-5-3-2-4-6-17/h2-10,16,18H,11-15H2,1H3,(H,24,25,26). The molecular formula is C22H25N5O. The van der Waals surface area contributed by atoms with E-state index in [0.29, 0.717) is 17.7 Å². The minimum Gasteiger partial charge on any atom is -0.497 e. The van der Waals surface area contributed by atoms with Gasteiger partial charge in [0.15, 0.2) is 5.82 Å². The first-order valence-electron chi connectivity index (χ1n) is 9.70. The Morgan fingerprint density at radius 2 is 1.79 bits per heavy atom. The van der Waals surface area contributed by atoms with Gasteiger partial charge in [-0.1, -0.05) is 30.3 Å². The Bertz CT molecular complexity index is 877. The number of rotatable bonds is 6. The lowest BCUT2D eigenvalue weighted by Gasteiger charge is -2.31. The Kier molecular flexibility index (Phi) is 5.66. The predicted molar refractivity (Wildman–Crippen MR) is 111 cm³/mol. The van der Waals surface area contributed by atoms with E-state index in [-0.39, 0.29) is 0 Å². The topological polar surface area (TPSA) is 63.2 Å². The van der Waals surface area contributed by atoms with Gasteiger partial charge < -0.3 is 15.0 Å². The summed E-state index contributed by atoms with van der Waals surface area (Å²) in [6.45, 7) is 1.93. The van der Waals surface area contributed by atoms with Crippen LogP contribution in [0.4, 0.5) is 17.5 Å². The molecule has 1 aliphatic rings. The molecule has 6 heteroatoms. The van der Waals surface area contributed by atoms with Crippen LogP contribution < -0.4 is 15.0 Å². The molecule has 2 heterocycles. The van der Waals surface area contributed by atoms with Gasteiger partial charge in [-0.2, -0.15) is 10.1 Å². The first-order valence-corrected chi connectivity index (χ1v) is 9.70. The molecule has 0 aliphatic carbocycles. The average molecular weight is 375 g/mol. The van der Waals surface area contributed by atoms with Crippen LogP contribution >= 0.6 is 0 Å². The summed E-state index contributed by atoms with van der Waals surface area (Å²) in [5, 5.41) is 11.7. The molecule has 0 amide bonds. The zero-order valence-electron chi connectivity index (χ0n) is 16.1. The number of hydrogen-bond donors (Lipinski definition) is 1. The average Bonchev–Trinajstić information content (AvgIpc) is 2.76. The minimum atomic E-state index is 0.691. The van der Waals surface area contributed by atoms with Gasteiger partial charge in [-0.05, 0) is 55.0 Å². The molecule has 1 fully saturated rings.